The number of aromatic nitrogens is 1. The standard InChI is InChI=1S/C18H14ClN/c1-18(2)13-9-5-3-7-11(13)15-12-8-4-6-10-14(12)20-17(19)16(15)18/h3-10H,1-2H3. The molecule has 0 radical (unpaired) electrons. The second-order valence-electron chi connectivity index (χ2n) is 5.84. The lowest BCUT2D eigenvalue weighted by Crippen LogP contribution is -2.16. The molecule has 0 fully saturated rings. The Balaban J connectivity index is 2.26. The zero-order valence-electron chi connectivity index (χ0n) is 11.4. The van der Waals surface area contributed by atoms with Crippen molar-refractivity contribution in [3.8, 4) is 11.1 Å². The highest BCUT2D eigenvalue weighted by atomic mass is 35.5. The third kappa shape index (κ3) is 1.36. The fourth-order valence-corrected chi connectivity index (χ4v) is 3.83. The zero-order valence-corrected chi connectivity index (χ0v) is 12.2. The van der Waals surface area contributed by atoms with E-state index in [4.69, 9.17) is 11.6 Å². The lowest BCUT2D eigenvalue weighted by atomic mass is 9.83. The van der Waals surface area contributed by atoms with Crippen LogP contribution in [0.1, 0.15) is 25.0 Å². The summed E-state index contributed by atoms with van der Waals surface area (Å²) in [6.07, 6.45) is 0. The number of hydrogen-bond donors (Lipinski definition) is 0. The summed E-state index contributed by atoms with van der Waals surface area (Å²) < 4.78 is 0. The van der Waals surface area contributed by atoms with Gasteiger partial charge in [-0.1, -0.05) is 67.9 Å². The summed E-state index contributed by atoms with van der Waals surface area (Å²) in [5.41, 5.74) is 5.88. The minimum atomic E-state index is -0.0972. The number of halogens is 1. The van der Waals surface area contributed by atoms with E-state index in [1.165, 1.54) is 22.1 Å². The Morgan fingerprint density at radius 2 is 1.65 bits per heavy atom. The van der Waals surface area contributed by atoms with Gasteiger partial charge in [-0.05, 0) is 22.8 Å². The Kier molecular flexibility index (Phi) is 2.28. The number of pyridine rings is 1. The van der Waals surface area contributed by atoms with E-state index in [1.54, 1.807) is 0 Å². The van der Waals surface area contributed by atoms with Crippen molar-refractivity contribution in [2.24, 2.45) is 0 Å². The maximum absolute atomic E-state index is 6.51. The van der Waals surface area contributed by atoms with Gasteiger partial charge >= 0.3 is 0 Å². The molecule has 3 aromatic rings. The summed E-state index contributed by atoms with van der Waals surface area (Å²) in [6, 6.07) is 16.8. The third-order valence-corrected chi connectivity index (χ3v) is 4.62. The fraction of sp³-hybridized carbons (Fsp3) is 0.167. The summed E-state index contributed by atoms with van der Waals surface area (Å²) in [6.45, 7) is 4.44. The van der Waals surface area contributed by atoms with Crippen LogP contribution in [0.15, 0.2) is 48.5 Å². The van der Waals surface area contributed by atoms with Crippen molar-refractivity contribution in [1.82, 2.24) is 4.98 Å². The molecule has 1 aromatic heterocycles. The van der Waals surface area contributed by atoms with Crippen LogP contribution in [-0.4, -0.2) is 4.98 Å². The summed E-state index contributed by atoms with van der Waals surface area (Å²) in [5, 5.41) is 1.81. The second kappa shape index (κ2) is 3.83. The molecule has 98 valence electrons. The highest BCUT2D eigenvalue weighted by Gasteiger charge is 2.38. The predicted molar refractivity (Wildman–Crippen MR) is 84.3 cm³/mol. The van der Waals surface area contributed by atoms with Crippen LogP contribution in [0.2, 0.25) is 5.15 Å². The van der Waals surface area contributed by atoms with E-state index < -0.39 is 0 Å². The van der Waals surface area contributed by atoms with Crippen molar-refractivity contribution in [3.63, 3.8) is 0 Å². The summed E-state index contributed by atoms with van der Waals surface area (Å²) in [5.74, 6) is 0. The maximum atomic E-state index is 6.51. The molecule has 1 aliphatic carbocycles. The van der Waals surface area contributed by atoms with E-state index in [1.807, 2.05) is 12.1 Å². The average Bonchev–Trinajstić information content (AvgIpc) is 2.69. The molecule has 1 heterocycles. The molecule has 0 unspecified atom stereocenters. The van der Waals surface area contributed by atoms with Crippen molar-refractivity contribution < 1.29 is 0 Å². The van der Waals surface area contributed by atoms with Crippen molar-refractivity contribution in [2.45, 2.75) is 19.3 Å². The Hall–Kier alpha value is -1.86. The molecule has 0 amide bonds. The molecule has 1 aliphatic rings. The minimum absolute atomic E-state index is 0.0972. The number of fused-ring (bicyclic) bond motifs is 5. The van der Waals surface area contributed by atoms with E-state index in [0.29, 0.717) is 5.15 Å². The first kappa shape index (κ1) is 11.9. The van der Waals surface area contributed by atoms with Crippen LogP contribution in [0, 0.1) is 0 Å². The Bertz CT molecular complexity index is 849. The van der Waals surface area contributed by atoms with Gasteiger partial charge in [0.05, 0.1) is 5.52 Å². The van der Waals surface area contributed by atoms with Crippen LogP contribution in [-0.2, 0) is 5.41 Å². The Morgan fingerprint density at radius 1 is 0.950 bits per heavy atom. The molecule has 1 nitrogen and oxygen atoms in total. The van der Waals surface area contributed by atoms with Crippen LogP contribution in [0.25, 0.3) is 22.0 Å². The van der Waals surface area contributed by atoms with E-state index in [0.717, 1.165) is 11.1 Å². The summed E-state index contributed by atoms with van der Waals surface area (Å²) in [7, 11) is 0. The van der Waals surface area contributed by atoms with Gasteiger partial charge in [0.1, 0.15) is 5.15 Å². The predicted octanol–water partition coefficient (Wildman–Crippen LogP) is 5.19. The fourth-order valence-electron chi connectivity index (χ4n) is 3.41. The van der Waals surface area contributed by atoms with Gasteiger partial charge in [0.15, 0.2) is 0 Å². The monoisotopic (exact) mass is 279 g/mol. The van der Waals surface area contributed by atoms with E-state index in [2.05, 4.69) is 55.2 Å². The first-order valence-electron chi connectivity index (χ1n) is 6.79. The number of para-hydroxylation sites is 1. The van der Waals surface area contributed by atoms with Gasteiger partial charge in [0.2, 0.25) is 0 Å². The second-order valence-corrected chi connectivity index (χ2v) is 6.20. The molecule has 0 spiro atoms. The smallest absolute Gasteiger partial charge is 0.134 e. The van der Waals surface area contributed by atoms with E-state index in [-0.39, 0.29) is 5.41 Å². The molecular weight excluding hydrogens is 266 g/mol. The maximum Gasteiger partial charge on any atom is 0.134 e. The van der Waals surface area contributed by atoms with Gasteiger partial charge in [-0.2, -0.15) is 0 Å². The molecule has 4 rings (SSSR count). The Morgan fingerprint density at radius 3 is 2.50 bits per heavy atom. The molecule has 0 bridgehead atoms. The van der Waals surface area contributed by atoms with Gasteiger partial charge in [-0.25, -0.2) is 4.98 Å². The molecule has 0 atom stereocenters. The van der Waals surface area contributed by atoms with E-state index in [9.17, 15) is 0 Å². The van der Waals surface area contributed by atoms with Crippen LogP contribution in [0.5, 0.6) is 0 Å². The average molecular weight is 280 g/mol. The normalized spacial score (nSPS) is 15.2. The zero-order chi connectivity index (χ0) is 13.9. The van der Waals surface area contributed by atoms with Gasteiger partial charge < -0.3 is 0 Å². The highest BCUT2D eigenvalue weighted by Crippen LogP contribution is 2.52. The molecular formula is C18H14ClN. The van der Waals surface area contributed by atoms with Crippen molar-refractivity contribution in [3.05, 3.63) is 64.8 Å². The molecule has 0 N–H and O–H groups in total. The highest BCUT2D eigenvalue weighted by molar-refractivity contribution is 6.32. The van der Waals surface area contributed by atoms with Crippen LogP contribution >= 0.6 is 11.6 Å². The topological polar surface area (TPSA) is 12.9 Å². The third-order valence-electron chi connectivity index (χ3n) is 4.34. The molecule has 0 aliphatic heterocycles. The minimum Gasteiger partial charge on any atom is -0.236 e. The van der Waals surface area contributed by atoms with Gasteiger partial charge in [-0.15, -0.1) is 0 Å². The van der Waals surface area contributed by atoms with Gasteiger partial charge in [-0.3, -0.25) is 0 Å². The van der Waals surface area contributed by atoms with Crippen molar-refractivity contribution in [2.75, 3.05) is 0 Å². The largest absolute Gasteiger partial charge is 0.236 e. The van der Waals surface area contributed by atoms with Crippen LogP contribution in [0.4, 0.5) is 0 Å². The molecule has 2 aromatic carbocycles. The van der Waals surface area contributed by atoms with Gasteiger partial charge in [0, 0.05) is 16.4 Å². The molecule has 0 saturated heterocycles. The Labute approximate surface area is 123 Å². The van der Waals surface area contributed by atoms with Crippen LogP contribution in [0.3, 0.4) is 0 Å². The summed E-state index contributed by atoms with van der Waals surface area (Å²) in [4.78, 5) is 4.59. The van der Waals surface area contributed by atoms with Crippen LogP contribution < -0.4 is 0 Å². The van der Waals surface area contributed by atoms with Crippen molar-refractivity contribution >= 4 is 22.5 Å². The lowest BCUT2D eigenvalue weighted by molar-refractivity contribution is 0.658. The molecule has 20 heavy (non-hydrogen) atoms. The number of hydrogen-bond acceptors (Lipinski definition) is 1. The van der Waals surface area contributed by atoms with Crippen molar-refractivity contribution in [1.29, 1.82) is 0 Å². The lowest BCUT2D eigenvalue weighted by Gasteiger charge is -2.22. The number of nitrogens with zero attached hydrogens (tertiary/aromatic N) is 1. The first-order valence-corrected chi connectivity index (χ1v) is 7.17. The number of rotatable bonds is 0. The SMILES string of the molecule is CC1(C)c2ccccc2-c2c1c(Cl)nc1ccccc21. The molecule has 2 heteroatoms. The first-order chi connectivity index (χ1) is 9.60. The molecule has 0 saturated carbocycles. The number of benzene rings is 2. The summed E-state index contributed by atoms with van der Waals surface area (Å²) >= 11 is 6.51. The van der Waals surface area contributed by atoms with E-state index >= 15 is 0 Å². The quantitative estimate of drug-likeness (QED) is 0.516. The van der Waals surface area contributed by atoms with Gasteiger partial charge in [0.25, 0.3) is 0 Å².